The first-order valence-corrected chi connectivity index (χ1v) is 5.33. The Morgan fingerprint density at radius 1 is 1.40 bits per heavy atom. The maximum atomic E-state index is 12.3. The van der Waals surface area contributed by atoms with Crippen molar-refractivity contribution in [3.05, 3.63) is 28.2 Å². The molecule has 1 radical (unpaired) electrons. The van der Waals surface area contributed by atoms with Gasteiger partial charge in [0, 0.05) is 0 Å². The molecule has 0 aliphatic rings. The summed E-state index contributed by atoms with van der Waals surface area (Å²) in [6, 6.07) is 3.18. The first kappa shape index (κ1) is 12.5. The Kier molecular flexibility index (Phi) is 3.81. The van der Waals surface area contributed by atoms with Gasteiger partial charge in [0.15, 0.2) is 0 Å². The van der Waals surface area contributed by atoms with Gasteiger partial charge in [-0.05, 0) is 0 Å². The van der Waals surface area contributed by atoms with E-state index >= 15 is 0 Å². The van der Waals surface area contributed by atoms with E-state index in [-0.39, 0.29) is 10.4 Å². The molecular weight excluding hydrogens is 340 g/mol. The summed E-state index contributed by atoms with van der Waals surface area (Å²) < 4.78 is 37.5. The van der Waals surface area contributed by atoms with Crippen LogP contribution in [0.3, 0.4) is 0 Å². The zero-order chi connectivity index (χ0) is 11.6. The van der Waals surface area contributed by atoms with Crippen molar-refractivity contribution in [3.63, 3.8) is 0 Å². The Morgan fingerprint density at radius 2 is 2.00 bits per heavy atom. The fraction of sp³-hybridized carbons (Fsp3) is 0.125. The van der Waals surface area contributed by atoms with Crippen molar-refractivity contribution in [3.8, 4) is 0 Å². The van der Waals surface area contributed by atoms with E-state index in [9.17, 15) is 13.2 Å². The Morgan fingerprint density at radius 3 is 2.47 bits per heavy atom. The van der Waals surface area contributed by atoms with Crippen LogP contribution in [-0.4, -0.2) is 20.7 Å². The van der Waals surface area contributed by atoms with Gasteiger partial charge in [-0.1, -0.05) is 0 Å². The molecule has 0 bridgehead atoms. The molecule has 81 valence electrons. The van der Waals surface area contributed by atoms with Gasteiger partial charge in [0.25, 0.3) is 0 Å². The van der Waals surface area contributed by atoms with Gasteiger partial charge in [-0.15, -0.1) is 0 Å². The Labute approximate surface area is 101 Å². The van der Waals surface area contributed by atoms with Crippen molar-refractivity contribution >= 4 is 42.4 Å². The SMILES string of the molecule is NC([Se])=Nc1cc(C(F)(F)F)ccc1Br. The van der Waals surface area contributed by atoms with Crippen molar-refractivity contribution < 1.29 is 13.2 Å². The molecule has 0 aliphatic carbocycles. The molecule has 0 aromatic heterocycles. The Hall–Kier alpha value is -0.521. The van der Waals surface area contributed by atoms with Gasteiger partial charge < -0.3 is 0 Å². The second-order valence-corrected chi connectivity index (χ2v) is 4.35. The van der Waals surface area contributed by atoms with E-state index in [1.54, 1.807) is 0 Å². The molecule has 0 spiro atoms. The van der Waals surface area contributed by atoms with Crippen LogP contribution in [0.4, 0.5) is 18.9 Å². The number of benzene rings is 1. The van der Waals surface area contributed by atoms with E-state index in [4.69, 9.17) is 5.73 Å². The fourth-order valence-corrected chi connectivity index (χ4v) is 1.44. The van der Waals surface area contributed by atoms with E-state index in [0.717, 1.165) is 12.1 Å². The summed E-state index contributed by atoms with van der Waals surface area (Å²) in [5.41, 5.74) is 4.63. The van der Waals surface area contributed by atoms with E-state index in [1.807, 2.05) is 0 Å². The molecule has 0 aliphatic heterocycles. The van der Waals surface area contributed by atoms with Crippen molar-refractivity contribution in [2.24, 2.45) is 10.7 Å². The van der Waals surface area contributed by atoms with E-state index in [2.05, 4.69) is 36.9 Å². The summed E-state index contributed by atoms with van der Waals surface area (Å²) in [5.74, 6) is 0. The van der Waals surface area contributed by atoms with Crippen LogP contribution in [-0.2, 0) is 6.18 Å². The Bertz CT molecular complexity index is 399. The predicted octanol–water partition coefficient (Wildman–Crippen LogP) is 2.58. The summed E-state index contributed by atoms with van der Waals surface area (Å²) in [4.78, 5) is 3.73. The van der Waals surface area contributed by atoms with Crippen LogP contribution in [0.5, 0.6) is 0 Å². The first-order chi connectivity index (χ1) is 6.80. The van der Waals surface area contributed by atoms with E-state index in [1.165, 1.54) is 6.07 Å². The predicted molar refractivity (Wildman–Crippen MR) is 56.2 cm³/mol. The van der Waals surface area contributed by atoms with Gasteiger partial charge in [-0.3, -0.25) is 0 Å². The molecule has 0 saturated carbocycles. The molecule has 0 fully saturated rings. The maximum absolute atomic E-state index is 12.3. The standard InChI is InChI=1S/C8H5BrF3N2Se/c9-5-2-1-4(8(10,11)12)3-6(5)14-7(13)15/h1-3H,(H2,13,14). The van der Waals surface area contributed by atoms with Crippen molar-refractivity contribution in [1.29, 1.82) is 0 Å². The molecule has 1 rings (SSSR count). The van der Waals surface area contributed by atoms with Crippen molar-refractivity contribution in [2.45, 2.75) is 6.18 Å². The molecule has 0 unspecified atom stereocenters. The fourth-order valence-electron chi connectivity index (χ4n) is 0.893. The molecule has 0 amide bonds. The van der Waals surface area contributed by atoms with Crippen LogP contribution < -0.4 is 5.73 Å². The number of hydrogen-bond acceptors (Lipinski definition) is 1. The van der Waals surface area contributed by atoms with Crippen molar-refractivity contribution in [1.82, 2.24) is 0 Å². The van der Waals surface area contributed by atoms with Crippen LogP contribution in [0.1, 0.15) is 5.56 Å². The van der Waals surface area contributed by atoms with Crippen LogP contribution in [0, 0.1) is 0 Å². The normalized spacial score (nSPS) is 12.9. The average molecular weight is 345 g/mol. The summed E-state index contributed by atoms with van der Waals surface area (Å²) in [7, 11) is 0. The summed E-state index contributed by atoms with van der Waals surface area (Å²) in [5, 5.41) is 0. The molecule has 7 heteroatoms. The van der Waals surface area contributed by atoms with Gasteiger partial charge in [-0.2, -0.15) is 0 Å². The summed E-state index contributed by atoms with van der Waals surface area (Å²) in [6.07, 6.45) is -4.38. The third-order valence-corrected chi connectivity index (χ3v) is 2.37. The number of aliphatic imine (C=N–C) groups is 1. The number of nitrogens with zero attached hydrogens (tertiary/aromatic N) is 1. The Balaban J connectivity index is 3.23. The summed E-state index contributed by atoms with van der Waals surface area (Å²) in [6.45, 7) is 0. The number of rotatable bonds is 1. The number of alkyl halides is 3. The van der Waals surface area contributed by atoms with Gasteiger partial charge in [0.2, 0.25) is 0 Å². The molecule has 0 saturated heterocycles. The minimum atomic E-state index is -4.38. The van der Waals surface area contributed by atoms with E-state index < -0.39 is 11.7 Å². The first-order valence-electron chi connectivity index (χ1n) is 3.68. The summed E-state index contributed by atoms with van der Waals surface area (Å²) >= 11 is 5.48. The second-order valence-electron chi connectivity index (χ2n) is 2.61. The zero-order valence-electron chi connectivity index (χ0n) is 7.18. The van der Waals surface area contributed by atoms with Crippen LogP contribution >= 0.6 is 15.9 Å². The topological polar surface area (TPSA) is 38.4 Å². The minimum absolute atomic E-state index is 0.0787. The monoisotopic (exact) mass is 345 g/mol. The average Bonchev–Trinajstić information content (AvgIpc) is 2.06. The van der Waals surface area contributed by atoms with Crippen LogP contribution in [0.2, 0.25) is 0 Å². The van der Waals surface area contributed by atoms with Gasteiger partial charge in [0.1, 0.15) is 0 Å². The van der Waals surface area contributed by atoms with Crippen LogP contribution in [0.15, 0.2) is 27.7 Å². The molecule has 0 atom stereocenters. The molecule has 1 aromatic carbocycles. The molecule has 0 heterocycles. The van der Waals surface area contributed by atoms with Gasteiger partial charge >= 0.3 is 101 Å². The second kappa shape index (κ2) is 4.55. The van der Waals surface area contributed by atoms with Crippen LogP contribution in [0.25, 0.3) is 0 Å². The number of hydrogen-bond donors (Lipinski definition) is 1. The van der Waals surface area contributed by atoms with E-state index in [0.29, 0.717) is 4.47 Å². The van der Waals surface area contributed by atoms with Gasteiger partial charge in [-0.25, -0.2) is 0 Å². The quantitative estimate of drug-likeness (QED) is 0.474. The number of amidine groups is 1. The zero-order valence-corrected chi connectivity index (χ0v) is 10.5. The number of nitrogens with two attached hydrogens (primary N) is 1. The van der Waals surface area contributed by atoms with Gasteiger partial charge in [0.05, 0.1) is 0 Å². The third-order valence-electron chi connectivity index (χ3n) is 1.50. The molecular formula is C8H5BrF3N2Se. The third kappa shape index (κ3) is 3.52. The molecule has 15 heavy (non-hydrogen) atoms. The van der Waals surface area contributed by atoms with Crippen molar-refractivity contribution in [2.75, 3.05) is 0 Å². The molecule has 1 aromatic rings. The molecule has 2 N–H and O–H groups in total. The number of halogens is 4. The molecule has 2 nitrogen and oxygen atoms in total.